The Kier molecular flexibility index (Phi) is 3.16. The number of fused-ring (bicyclic) bond motifs is 1. The maximum atomic E-state index is 11.9. The molecule has 0 bridgehead atoms. The van der Waals surface area contributed by atoms with Gasteiger partial charge >= 0.3 is 0 Å². The van der Waals surface area contributed by atoms with Gasteiger partial charge in [-0.15, -0.1) is 0 Å². The predicted octanol–water partition coefficient (Wildman–Crippen LogP) is 3.63. The Balaban J connectivity index is 2.05. The summed E-state index contributed by atoms with van der Waals surface area (Å²) in [5.41, 5.74) is 2.33. The Morgan fingerprint density at radius 1 is 1.20 bits per heavy atom. The molecule has 4 nitrogen and oxygen atoms in total. The molecule has 0 unspecified atom stereocenters. The van der Waals surface area contributed by atoms with Gasteiger partial charge in [0.25, 0.3) is 5.56 Å². The number of hydrogen-bond acceptors (Lipinski definition) is 3. The highest BCUT2D eigenvalue weighted by molar-refractivity contribution is 6.30. The van der Waals surface area contributed by atoms with Crippen LogP contribution >= 0.6 is 11.6 Å². The third kappa shape index (κ3) is 2.38. The number of benzene rings is 2. The van der Waals surface area contributed by atoms with Crippen molar-refractivity contribution in [3.63, 3.8) is 0 Å². The molecule has 0 amide bonds. The molecule has 0 atom stereocenters. The maximum absolute atomic E-state index is 11.9. The first-order valence-electron chi connectivity index (χ1n) is 6.16. The summed E-state index contributed by atoms with van der Waals surface area (Å²) in [6.45, 7) is 1.94. The van der Waals surface area contributed by atoms with Crippen LogP contribution in [0.5, 0.6) is 0 Å². The highest BCUT2D eigenvalue weighted by atomic mass is 35.5. The molecule has 0 aliphatic rings. The molecule has 20 heavy (non-hydrogen) atoms. The van der Waals surface area contributed by atoms with Gasteiger partial charge in [-0.1, -0.05) is 23.7 Å². The molecule has 0 radical (unpaired) electrons. The zero-order valence-corrected chi connectivity index (χ0v) is 11.5. The summed E-state index contributed by atoms with van der Waals surface area (Å²) in [6, 6.07) is 12.8. The van der Waals surface area contributed by atoms with Crippen LogP contribution in [0.25, 0.3) is 10.9 Å². The second-order valence-electron chi connectivity index (χ2n) is 4.52. The van der Waals surface area contributed by atoms with E-state index in [-0.39, 0.29) is 5.56 Å². The lowest BCUT2D eigenvalue weighted by atomic mass is 10.2. The highest BCUT2D eigenvalue weighted by Gasteiger charge is 2.05. The molecule has 0 aliphatic heterocycles. The van der Waals surface area contributed by atoms with Crippen LogP contribution in [0.15, 0.2) is 47.3 Å². The van der Waals surface area contributed by atoms with Crippen molar-refractivity contribution >= 4 is 34.1 Å². The van der Waals surface area contributed by atoms with Crippen LogP contribution in [-0.2, 0) is 0 Å². The smallest absolute Gasteiger partial charge is 0.282 e. The third-order valence-corrected chi connectivity index (χ3v) is 3.30. The van der Waals surface area contributed by atoms with Gasteiger partial charge in [0.15, 0.2) is 0 Å². The quantitative estimate of drug-likeness (QED) is 0.756. The van der Waals surface area contributed by atoms with E-state index in [0.717, 1.165) is 16.8 Å². The van der Waals surface area contributed by atoms with Crippen LogP contribution in [-0.4, -0.2) is 9.97 Å². The van der Waals surface area contributed by atoms with Crippen molar-refractivity contribution in [3.05, 3.63) is 63.4 Å². The molecule has 3 rings (SSSR count). The molecule has 2 aromatic carbocycles. The van der Waals surface area contributed by atoms with Crippen LogP contribution in [0, 0.1) is 6.92 Å². The number of anilines is 2. The molecule has 100 valence electrons. The Morgan fingerprint density at radius 3 is 2.80 bits per heavy atom. The average Bonchev–Trinajstić information content (AvgIpc) is 2.42. The van der Waals surface area contributed by atoms with E-state index in [1.54, 1.807) is 12.1 Å². The minimum Gasteiger partial charge on any atom is -0.325 e. The first kappa shape index (κ1) is 12.7. The predicted molar refractivity (Wildman–Crippen MR) is 81.8 cm³/mol. The van der Waals surface area contributed by atoms with Gasteiger partial charge in [-0.05, 0) is 42.8 Å². The maximum Gasteiger partial charge on any atom is 0.282 e. The molecule has 2 N–H and O–H groups in total. The first-order chi connectivity index (χ1) is 9.63. The van der Waals surface area contributed by atoms with Crippen LogP contribution in [0.1, 0.15) is 5.56 Å². The largest absolute Gasteiger partial charge is 0.325 e. The van der Waals surface area contributed by atoms with Crippen LogP contribution in [0.3, 0.4) is 0 Å². The standard InChI is InChI=1S/C15H12ClN3O/c1-9-8-10(16)6-7-12(9)17-15-18-13-5-3-2-4-11(13)14(20)19-15/h2-8H,1H3,(H2,17,18,19,20). The van der Waals surface area contributed by atoms with Gasteiger partial charge < -0.3 is 10.3 Å². The minimum atomic E-state index is -0.256. The van der Waals surface area contributed by atoms with E-state index in [4.69, 9.17) is 11.6 Å². The third-order valence-electron chi connectivity index (χ3n) is 3.07. The van der Waals surface area contributed by atoms with Gasteiger partial charge in [-0.25, -0.2) is 0 Å². The molecule has 0 spiro atoms. The van der Waals surface area contributed by atoms with E-state index in [9.17, 15) is 4.79 Å². The zero-order valence-electron chi connectivity index (χ0n) is 10.8. The Morgan fingerprint density at radius 2 is 2.00 bits per heavy atom. The van der Waals surface area contributed by atoms with Gasteiger partial charge in [-0.3, -0.25) is 4.79 Å². The van der Waals surface area contributed by atoms with Crippen molar-refractivity contribution in [1.82, 2.24) is 9.97 Å². The average molecular weight is 286 g/mol. The van der Waals surface area contributed by atoms with Crippen molar-refractivity contribution < 1.29 is 0 Å². The molecule has 1 aromatic heterocycles. The summed E-state index contributed by atoms with van der Waals surface area (Å²) in [5, 5.41) is 4.36. The molecule has 3 aromatic rings. The monoisotopic (exact) mass is 285 g/mol. The molecule has 5 heteroatoms. The lowest BCUT2D eigenvalue weighted by Gasteiger charge is -2.09. The van der Waals surface area contributed by atoms with Crippen molar-refractivity contribution in [2.45, 2.75) is 6.92 Å². The minimum absolute atomic E-state index is 0.256. The fourth-order valence-corrected chi connectivity index (χ4v) is 2.28. The van der Waals surface area contributed by atoms with Gasteiger partial charge in [0.05, 0.1) is 10.9 Å². The van der Waals surface area contributed by atoms with E-state index in [0.29, 0.717) is 16.4 Å². The van der Waals surface area contributed by atoms with E-state index in [1.807, 2.05) is 37.3 Å². The summed E-state index contributed by atoms with van der Waals surface area (Å²) in [4.78, 5) is 19.0. The van der Waals surface area contributed by atoms with Crippen molar-refractivity contribution in [2.75, 3.05) is 5.32 Å². The van der Waals surface area contributed by atoms with Crippen LogP contribution in [0.4, 0.5) is 11.6 Å². The zero-order chi connectivity index (χ0) is 14.1. The number of nitrogens with one attached hydrogen (secondary N) is 2. The lowest BCUT2D eigenvalue weighted by molar-refractivity contribution is 1.17. The van der Waals surface area contributed by atoms with Crippen LogP contribution in [0.2, 0.25) is 5.02 Å². The molecular weight excluding hydrogens is 274 g/mol. The topological polar surface area (TPSA) is 57.8 Å². The number of H-pyrrole nitrogens is 1. The fraction of sp³-hybridized carbons (Fsp3) is 0.0667. The van der Waals surface area contributed by atoms with Gasteiger partial charge in [0.1, 0.15) is 0 Å². The van der Waals surface area contributed by atoms with E-state index >= 15 is 0 Å². The number of aromatic amines is 1. The van der Waals surface area contributed by atoms with Gasteiger partial charge in [0.2, 0.25) is 5.95 Å². The number of hydrogen-bond donors (Lipinski definition) is 2. The molecular formula is C15H12ClN3O. The van der Waals surface area contributed by atoms with E-state index in [1.165, 1.54) is 0 Å². The SMILES string of the molecule is Cc1cc(Cl)ccc1Nc1nc(=O)c2ccccc2[nH]1. The fourth-order valence-electron chi connectivity index (χ4n) is 2.05. The molecule has 0 saturated carbocycles. The Labute approximate surface area is 120 Å². The molecule has 1 heterocycles. The first-order valence-corrected chi connectivity index (χ1v) is 6.53. The number of nitrogens with zero attached hydrogens (tertiary/aromatic N) is 1. The van der Waals surface area contributed by atoms with Crippen LogP contribution < -0.4 is 10.9 Å². The number of aryl methyl sites for hydroxylation is 1. The number of para-hydroxylation sites is 1. The number of halogens is 1. The number of rotatable bonds is 2. The molecule has 0 aliphatic carbocycles. The second kappa shape index (κ2) is 4.98. The second-order valence-corrected chi connectivity index (χ2v) is 4.96. The van der Waals surface area contributed by atoms with Crippen molar-refractivity contribution in [3.8, 4) is 0 Å². The highest BCUT2D eigenvalue weighted by Crippen LogP contribution is 2.22. The summed E-state index contributed by atoms with van der Waals surface area (Å²) in [7, 11) is 0. The summed E-state index contributed by atoms with van der Waals surface area (Å²) >= 11 is 5.92. The van der Waals surface area contributed by atoms with Crippen molar-refractivity contribution in [2.24, 2.45) is 0 Å². The van der Waals surface area contributed by atoms with Gasteiger partial charge in [0, 0.05) is 10.7 Å². The summed E-state index contributed by atoms with van der Waals surface area (Å²) < 4.78 is 0. The van der Waals surface area contributed by atoms with Crippen molar-refractivity contribution in [1.29, 1.82) is 0 Å². The summed E-state index contributed by atoms with van der Waals surface area (Å²) in [6.07, 6.45) is 0. The van der Waals surface area contributed by atoms with E-state index in [2.05, 4.69) is 15.3 Å². The normalized spacial score (nSPS) is 10.7. The van der Waals surface area contributed by atoms with Gasteiger partial charge in [-0.2, -0.15) is 4.98 Å². The number of aromatic nitrogens is 2. The Hall–Kier alpha value is -2.33. The molecule has 0 saturated heterocycles. The van der Waals surface area contributed by atoms with E-state index < -0.39 is 0 Å². The summed E-state index contributed by atoms with van der Waals surface area (Å²) in [5.74, 6) is 0.416. The Bertz CT molecular complexity index is 842. The molecule has 0 fully saturated rings. The lowest BCUT2D eigenvalue weighted by Crippen LogP contribution is -2.11.